The van der Waals surface area contributed by atoms with E-state index in [1.165, 1.54) is 11.3 Å². The molecule has 0 aliphatic carbocycles. The van der Waals surface area contributed by atoms with Crippen LogP contribution in [0.2, 0.25) is 0 Å². The molecule has 1 aromatic heterocycles. The molecule has 0 fully saturated rings. The van der Waals surface area contributed by atoms with Crippen LogP contribution in [0.4, 0.5) is 0 Å². The number of esters is 1. The number of carbonyl (C=O) groups is 1. The number of nitrogens with zero attached hydrogens (tertiary/aromatic N) is 3. The third kappa shape index (κ3) is 3.22. The first-order valence-electron chi connectivity index (χ1n) is 8.35. The summed E-state index contributed by atoms with van der Waals surface area (Å²) in [5.74, 6) is -0.440. The van der Waals surface area contributed by atoms with Gasteiger partial charge in [-0.25, -0.2) is 9.79 Å². The molecule has 1 atom stereocenters. The molecule has 0 bridgehead atoms. The fourth-order valence-corrected chi connectivity index (χ4v) is 4.08. The number of hydrogen-bond donors (Lipinski definition) is 0. The first-order chi connectivity index (χ1) is 12.4. The van der Waals surface area contributed by atoms with E-state index < -0.39 is 12.0 Å². The van der Waals surface area contributed by atoms with Gasteiger partial charge >= 0.3 is 5.97 Å². The van der Waals surface area contributed by atoms with Gasteiger partial charge in [-0.05, 0) is 19.4 Å². The highest BCUT2D eigenvalue weighted by Crippen LogP contribution is 2.30. The summed E-state index contributed by atoms with van der Waals surface area (Å²) in [6.45, 7) is 3.81. The highest BCUT2D eigenvalue weighted by Gasteiger charge is 2.33. The number of hydrogen-bond acceptors (Lipinski definition) is 6. The van der Waals surface area contributed by atoms with E-state index in [1.807, 2.05) is 49.3 Å². The molecule has 1 aliphatic heterocycles. The lowest BCUT2D eigenvalue weighted by molar-refractivity contribution is -0.139. The normalized spacial score (nSPS) is 16.9. The van der Waals surface area contributed by atoms with Crippen LogP contribution in [0.3, 0.4) is 0 Å². The molecule has 0 spiro atoms. The Hall–Kier alpha value is -2.67. The lowest BCUT2D eigenvalue weighted by atomic mass is 9.96. The Bertz CT molecular complexity index is 1030. The quantitative estimate of drug-likeness (QED) is 0.760. The van der Waals surface area contributed by atoms with Gasteiger partial charge in [-0.15, -0.1) is 0 Å². The summed E-state index contributed by atoms with van der Waals surface area (Å²) in [6, 6.07) is 8.96. The van der Waals surface area contributed by atoms with E-state index >= 15 is 0 Å². The minimum absolute atomic E-state index is 0.161. The Balaban J connectivity index is 2.31. The van der Waals surface area contributed by atoms with Gasteiger partial charge in [-0.2, -0.15) is 0 Å². The highest BCUT2D eigenvalue weighted by atomic mass is 32.1. The van der Waals surface area contributed by atoms with E-state index in [4.69, 9.17) is 4.74 Å². The molecule has 7 heteroatoms. The zero-order chi connectivity index (χ0) is 18.8. The van der Waals surface area contributed by atoms with Crippen molar-refractivity contribution < 1.29 is 9.53 Å². The summed E-state index contributed by atoms with van der Waals surface area (Å²) < 4.78 is 7.41. The van der Waals surface area contributed by atoms with Crippen LogP contribution in [0.15, 0.2) is 51.4 Å². The third-order valence-electron chi connectivity index (χ3n) is 4.01. The minimum Gasteiger partial charge on any atom is -0.463 e. The van der Waals surface area contributed by atoms with Crippen molar-refractivity contribution in [1.29, 1.82) is 0 Å². The van der Waals surface area contributed by atoms with Gasteiger partial charge in [-0.1, -0.05) is 41.7 Å². The van der Waals surface area contributed by atoms with Gasteiger partial charge in [0.25, 0.3) is 5.56 Å². The van der Waals surface area contributed by atoms with Crippen LogP contribution in [0.5, 0.6) is 0 Å². The molecule has 0 N–H and O–H groups in total. The van der Waals surface area contributed by atoms with Crippen molar-refractivity contribution in [3.05, 3.63) is 66.9 Å². The second-order valence-electron chi connectivity index (χ2n) is 6.16. The van der Waals surface area contributed by atoms with E-state index in [0.29, 0.717) is 20.6 Å². The largest absolute Gasteiger partial charge is 0.463 e. The fraction of sp³-hybridized carbons (Fsp3) is 0.316. The molecule has 0 radical (unpaired) electrons. The Labute approximate surface area is 155 Å². The maximum absolute atomic E-state index is 13.0. The minimum atomic E-state index is -0.546. The second-order valence-corrected chi connectivity index (χ2v) is 7.17. The number of fused-ring (bicyclic) bond motifs is 1. The summed E-state index contributed by atoms with van der Waals surface area (Å²) in [7, 11) is 3.73. The standard InChI is InChI=1S/C19H21N3O3S/c1-5-25-18(24)15-12(2)20-19-22(16(15)13-9-7-6-8-10-13)17(23)14(26-19)11-21(3)4/h6-11,16H,5H2,1-4H3/b14-11+/t16-/m0/s1. The summed E-state index contributed by atoms with van der Waals surface area (Å²) >= 11 is 1.32. The Morgan fingerprint density at radius 3 is 2.65 bits per heavy atom. The molecule has 3 rings (SSSR count). The SMILES string of the molecule is CCOC(=O)C1=C(C)N=c2s/c(=C/N(C)C)c(=O)n2[C@H]1c1ccccc1. The number of thiazole rings is 1. The number of carbonyl (C=O) groups excluding carboxylic acids is 1. The van der Waals surface area contributed by atoms with E-state index in [0.717, 1.165) is 5.56 Å². The molecule has 2 heterocycles. The monoisotopic (exact) mass is 371 g/mol. The summed E-state index contributed by atoms with van der Waals surface area (Å²) in [4.78, 5) is 32.6. The fourth-order valence-electron chi connectivity index (χ4n) is 2.97. The zero-order valence-electron chi connectivity index (χ0n) is 15.2. The van der Waals surface area contributed by atoms with Crippen LogP contribution in [-0.4, -0.2) is 36.1 Å². The van der Waals surface area contributed by atoms with Gasteiger partial charge in [0.2, 0.25) is 0 Å². The molecule has 2 aromatic rings. The smallest absolute Gasteiger partial charge is 0.338 e. The van der Waals surface area contributed by atoms with Crippen LogP contribution in [0.25, 0.3) is 6.20 Å². The average Bonchev–Trinajstić information content (AvgIpc) is 2.89. The lowest BCUT2D eigenvalue weighted by Crippen LogP contribution is -2.40. The number of allylic oxidation sites excluding steroid dienone is 1. The summed E-state index contributed by atoms with van der Waals surface area (Å²) in [5.41, 5.74) is 1.67. The van der Waals surface area contributed by atoms with Gasteiger partial charge in [0.1, 0.15) is 4.53 Å². The van der Waals surface area contributed by atoms with Crippen LogP contribution in [-0.2, 0) is 9.53 Å². The molecular formula is C19H21N3O3S. The van der Waals surface area contributed by atoms with Crippen molar-refractivity contribution in [3.63, 3.8) is 0 Å². The zero-order valence-corrected chi connectivity index (χ0v) is 16.0. The number of rotatable bonds is 4. The number of benzene rings is 1. The molecule has 136 valence electrons. The van der Waals surface area contributed by atoms with Crippen molar-refractivity contribution in [3.8, 4) is 0 Å². The first-order valence-corrected chi connectivity index (χ1v) is 9.16. The summed E-state index contributed by atoms with van der Waals surface area (Å²) in [6.07, 6.45) is 1.77. The Kier molecular flexibility index (Phi) is 5.08. The number of ether oxygens (including phenoxy) is 1. The topological polar surface area (TPSA) is 63.9 Å². The molecule has 0 saturated heterocycles. The van der Waals surface area contributed by atoms with Crippen molar-refractivity contribution >= 4 is 23.5 Å². The third-order valence-corrected chi connectivity index (χ3v) is 4.98. The molecular weight excluding hydrogens is 350 g/mol. The van der Waals surface area contributed by atoms with E-state index in [2.05, 4.69) is 4.99 Å². The Morgan fingerprint density at radius 2 is 2.04 bits per heavy atom. The average molecular weight is 371 g/mol. The Morgan fingerprint density at radius 1 is 1.35 bits per heavy atom. The van der Waals surface area contributed by atoms with E-state index in [-0.39, 0.29) is 12.2 Å². The number of aromatic nitrogens is 1. The van der Waals surface area contributed by atoms with E-state index in [1.54, 1.807) is 24.6 Å². The van der Waals surface area contributed by atoms with Crippen molar-refractivity contribution in [2.75, 3.05) is 20.7 Å². The maximum Gasteiger partial charge on any atom is 0.338 e. The van der Waals surface area contributed by atoms with Gasteiger partial charge in [0, 0.05) is 20.3 Å². The molecule has 1 aromatic carbocycles. The first kappa shape index (κ1) is 18.1. The van der Waals surface area contributed by atoms with E-state index in [9.17, 15) is 9.59 Å². The predicted molar refractivity (Wildman–Crippen MR) is 101 cm³/mol. The van der Waals surface area contributed by atoms with Crippen LogP contribution in [0.1, 0.15) is 25.5 Å². The molecule has 6 nitrogen and oxygen atoms in total. The van der Waals surface area contributed by atoms with Crippen LogP contribution >= 0.6 is 11.3 Å². The van der Waals surface area contributed by atoms with Crippen molar-refractivity contribution in [2.24, 2.45) is 4.99 Å². The summed E-state index contributed by atoms with van der Waals surface area (Å²) in [5, 5.41) is 0. The van der Waals surface area contributed by atoms with Crippen molar-refractivity contribution in [2.45, 2.75) is 19.9 Å². The molecule has 0 amide bonds. The highest BCUT2D eigenvalue weighted by molar-refractivity contribution is 7.07. The van der Waals surface area contributed by atoms with Gasteiger partial charge in [0.15, 0.2) is 4.80 Å². The predicted octanol–water partition coefficient (Wildman–Crippen LogP) is 1.27. The van der Waals surface area contributed by atoms with Gasteiger partial charge in [-0.3, -0.25) is 9.36 Å². The van der Waals surface area contributed by atoms with Crippen LogP contribution < -0.4 is 14.9 Å². The lowest BCUT2D eigenvalue weighted by Gasteiger charge is -2.24. The van der Waals surface area contributed by atoms with Gasteiger partial charge < -0.3 is 9.64 Å². The molecule has 0 unspecified atom stereocenters. The van der Waals surface area contributed by atoms with Crippen molar-refractivity contribution in [1.82, 2.24) is 9.47 Å². The van der Waals surface area contributed by atoms with Gasteiger partial charge in [0.05, 0.1) is 23.9 Å². The maximum atomic E-state index is 13.0. The second kappa shape index (κ2) is 7.29. The molecule has 26 heavy (non-hydrogen) atoms. The molecule has 1 aliphatic rings. The molecule has 0 saturated carbocycles. The van der Waals surface area contributed by atoms with Crippen LogP contribution in [0, 0.1) is 0 Å².